The van der Waals surface area contributed by atoms with Gasteiger partial charge in [0, 0.05) is 23.9 Å². The highest BCUT2D eigenvalue weighted by Crippen LogP contribution is 2.23. The molecule has 7 nitrogen and oxygen atoms in total. The Morgan fingerprint density at radius 3 is 2.48 bits per heavy atom. The van der Waals surface area contributed by atoms with Gasteiger partial charge in [-0.15, -0.1) is 0 Å². The molecule has 3 aromatic rings. The zero-order valence-electron chi connectivity index (χ0n) is 16.0. The Balaban J connectivity index is 1.77. The topological polar surface area (TPSA) is 81.9 Å². The third kappa shape index (κ3) is 4.69. The molecule has 0 unspecified atom stereocenters. The van der Waals surface area contributed by atoms with Crippen molar-refractivity contribution in [2.45, 2.75) is 40.5 Å². The summed E-state index contributed by atoms with van der Waals surface area (Å²) in [4.78, 5) is 20.4. The number of nitrogens with zero attached hydrogens (tertiary/aromatic N) is 4. The number of aryl methyl sites for hydroxylation is 3. The van der Waals surface area contributed by atoms with Crippen LogP contribution in [0.3, 0.4) is 0 Å². The molecular formula is C20H23N5O2. The summed E-state index contributed by atoms with van der Waals surface area (Å²) in [6.45, 7) is 7.70. The monoisotopic (exact) mass is 365 g/mol. The molecule has 0 radical (unpaired) electrons. The molecule has 2 heterocycles. The third-order valence-corrected chi connectivity index (χ3v) is 3.87. The van der Waals surface area contributed by atoms with Gasteiger partial charge >= 0.3 is 0 Å². The summed E-state index contributed by atoms with van der Waals surface area (Å²) in [6, 6.07) is 10.9. The van der Waals surface area contributed by atoms with Crippen LogP contribution >= 0.6 is 0 Å². The molecule has 3 rings (SSSR count). The maximum atomic E-state index is 11.7. The Kier molecular flexibility index (Phi) is 5.49. The molecule has 1 N–H and O–H groups in total. The van der Waals surface area contributed by atoms with Crippen molar-refractivity contribution in [2.24, 2.45) is 0 Å². The van der Waals surface area contributed by atoms with Gasteiger partial charge in [-0.05, 0) is 57.5 Å². The lowest BCUT2D eigenvalue weighted by atomic mass is 10.2. The van der Waals surface area contributed by atoms with Crippen LogP contribution in [-0.4, -0.2) is 25.7 Å². The first kappa shape index (κ1) is 18.6. The van der Waals surface area contributed by atoms with Crippen molar-refractivity contribution in [1.82, 2.24) is 19.7 Å². The standard InChI is InChI=1S/C20H23N5O2/c1-5-6-19(26)23-16-7-9-17(10-8-16)27-20-12-18(21-15(4)22-20)25-14(3)11-13(2)24-25/h7-12H,5-6H2,1-4H3,(H,23,26). The van der Waals surface area contributed by atoms with Crippen molar-refractivity contribution in [3.05, 3.63) is 53.6 Å². The minimum atomic E-state index is 0.00659. The highest BCUT2D eigenvalue weighted by Gasteiger charge is 2.10. The van der Waals surface area contributed by atoms with Gasteiger partial charge in [0.05, 0.1) is 5.69 Å². The van der Waals surface area contributed by atoms with Gasteiger partial charge < -0.3 is 10.1 Å². The van der Waals surface area contributed by atoms with E-state index >= 15 is 0 Å². The lowest BCUT2D eigenvalue weighted by molar-refractivity contribution is -0.116. The summed E-state index contributed by atoms with van der Waals surface area (Å²) >= 11 is 0. The van der Waals surface area contributed by atoms with Crippen molar-refractivity contribution >= 4 is 11.6 Å². The Morgan fingerprint density at radius 1 is 1.11 bits per heavy atom. The maximum Gasteiger partial charge on any atom is 0.224 e. The van der Waals surface area contributed by atoms with E-state index < -0.39 is 0 Å². The van der Waals surface area contributed by atoms with Gasteiger partial charge in [-0.1, -0.05) is 6.92 Å². The first-order chi connectivity index (χ1) is 12.9. The molecule has 0 bridgehead atoms. The number of benzene rings is 1. The zero-order chi connectivity index (χ0) is 19.4. The van der Waals surface area contributed by atoms with Crippen LogP contribution in [0.2, 0.25) is 0 Å². The predicted octanol–water partition coefficient (Wildman–Crippen LogP) is 4.12. The van der Waals surface area contributed by atoms with Crippen LogP contribution in [0.4, 0.5) is 5.69 Å². The summed E-state index contributed by atoms with van der Waals surface area (Å²) in [6.07, 6.45) is 1.32. The number of carbonyl (C=O) groups excluding carboxylic acids is 1. The van der Waals surface area contributed by atoms with Gasteiger partial charge in [-0.25, -0.2) is 9.67 Å². The number of hydrogen-bond donors (Lipinski definition) is 1. The predicted molar refractivity (Wildman–Crippen MR) is 103 cm³/mol. The van der Waals surface area contributed by atoms with Crippen LogP contribution in [0, 0.1) is 20.8 Å². The highest BCUT2D eigenvalue weighted by molar-refractivity contribution is 5.90. The fourth-order valence-electron chi connectivity index (χ4n) is 2.72. The van der Waals surface area contributed by atoms with Crippen LogP contribution in [0.1, 0.15) is 37.0 Å². The molecule has 1 amide bonds. The van der Waals surface area contributed by atoms with E-state index in [0.29, 0.717) is 29.7 Å². The molecule has 0 aliphatic rings. The zero-order valence-corrected chi connectivity index (χ0v) is 16.0. The summed E-state index contributed by atoms with van der Waals surface area (Å²) in [5.41, 5.74) is 2.65. The Hall–Kier alpha value is -3.22. The summed E-state index contributed by atoms with van der Waals surface area (Å²) in [5.74, 6) is 2.32. The number of ether oxygens (including phenoxy) is 1. The lowest BCUT2D eigenvalue weighted by Gasteiger charge is -2.10. The van der Waals surface area contributed by atoms with Crippen molar-refractivity contribution in [1.29, 1.82) is 0 Å². The second-order valence-electron chi connectivity index (χ2n) is 6.38. The smallest absolute Gasteiger partial charge is 0.224 e. The molecule has 0 saturated carbocycles. The van der Waals surface area contributed by atoms with Crippen LogP contribution in [0.5, 0.6) is 11.6 Å². The summed E-state index contributed by atoms with van der Waals surface area (Å²) < 4.78 is 7.64. The number of nitrogens with one attached hydrogen (secondary N) is 1. The van der Waals surface area contributed by atoms with Crippen LogP contribution in [0.15, 0.2) is 36.4 Å². The lowest BCUT2D eigenvalue weighted by Crippen LogP contribution is -2.10. The van der Waals surface area contributed by atoms with E-state index in [-0.39, 0.29) is 5.91 Å². The van der Waals surface area contributed by atoms with E-state index in [4.69, 9.17) is 4.74 Å². The number of rotatable bonds is 6. The average molecular weight is 365 g/mol. The second kappa shape index (κ2) is 7.99. The quantitative estimate of drug-likeness (QED) is 0.710. The minimum Gasteiger partial charge on any atom is -0.439 e. The molecule has 0 spiro atoms. The molecular weight excluding hydrogens is 342 g/mol. The molecule has 2 aromatic heterocycles. The van der Waals surface area contributed by atoms with E-state index in [1.165, 1.54) is 0 Å². The van der Waals surface area contributed by atoms with Crippen molar-refractivity contribution in [3.8, 4) is 17.4 Å². The number of aromatic nitrogens is 4. The SMILES string of the molecule is CCCC(=O)Nc1ccc(Oc2cc(-n3nc(C)cc3C)nc(C)n2)cc1. The first-order valence-corrected chi connectivity index (χ1v) is 8.91. The molecule has 0 fully saturated rings. The Morgan fingerprint density at radius 2 is 1.85 bits per heavy atom. The molecule has 0 aliphatic carbocycles. The fraction of sp³-hybridized carbons (Fsp3) is 0.300. The Labute approximate surface area is 158 Å². The van der Waals surface area contributed by atoms with Crippen molar-refractivity contribution < 1.29 is 9.53 Å². The number of amides is 1. The second-order valence-corrected chi connectivity index (χ2v) is 6.38. The van der Waals surface area contributed by atoms with Crippen LogP contribution in [-0.2, 0) is 4.79 Å². The van der Waals surface area contributed by atoms with Crippen molar-refractivity contribution in [3.63, 3.8) is 0 Å². The van der Waals surface area contributed by atoms with Crippen LogP contribution in [0.25, 0.3) is 5.82 Å². The number of hydrogen-bond acceptors (Lipinski definition) is 5. The van der Waals surface area contributed by atoms with Gasteiger partial charge in [-0.3, -0.25) is 4.79 Å². The van der Waals surface area contributed by atoms with Gasteiger partial charge in [0.2, 0.25) is 11.8 Å². The molecule has 0 aliphatic heterocycles. The number of anilines is 1. The third-order valence-electron chi connectivity index (χ3n) is 3.87. The largest absolute Gasteiger partial charge is 0.439 e. The Bertz CT molecular complexity index is 948. The average Bonchev–Trinajstić information content (AvgIpc) is 2.95. The van der Waals surface area contributed by atoms with E-state index in [0.717, 1.165) is 23.5 Å². The van der Waals surface area contributed by atoms with E-state index in [1.54, 1.807) is 35.0 Å². The fourth-order valence-corrected chi connectivity index (χ4v) is 2.72. The molecule has 1 aromatic carbocycles. The van der Waals surface area contributed by atoms with E-state index in [1.807, 2.05) is 33.8 Å². The normalized spacial score (nSPS) is 10.7. The van der Waals surface area contributed by atoms with Gasteiger partial charge in [0.25, 0.3) is 0 Å². The first-order valence-electron chi connectivity index (χ1n) is 8.91. The minimum absolute atomic E-state index is 0.00659. The molecule has 140 valence electrons. The van der Waals surface area contributed by atoms with Crippen LogP contribution < -0.4 is 10.1 Å². The van der Waals surface area contributed by atoms with E-state index in [2.05, 4.69) is 20.4 Å². The number of carbonyl (C=O) groups is 1. The maximum absolute atomic E-state index is 11.7. The molecule has 0 saturated heterocycles. The van der Waals surface area contributed by atoms with E-state index in [9.17, 15) is 4.79 Å². The molecule has 7 heteroatoms. The highest BCUT2D eigenvalue weighted by atomic mass is 16.5. The summed E-state index contributed by atoms with van der Waals surface area (Å²) in [7, 11) is 0. The molecule has 0 atom stereocenters. The molecule has 27 heavy (non-hydrogen) atoms. The van der Waals surface area contributed by atoms with Crippen molar-refractivity contribution in [2.75, 3.05) is 5.32 Å². The van der Waals surface area contributed by atoms with Gasteiger partial charge in [-0.2, -0.15) is 10.1 Å². The summed E-state index contributed by atoms with van der Waals surface area (Å²) in [5, 5.41) is 7.31. The van der Waals surface area contributed by atoms with Gasteiger partial charge in [0.1, 0.15) is 11.6 Å². The van der Waals surface area contributed by atoms with Gasteiger partial charge in [0.15, 0.2) is 5.82 Å².